The van der Waals surface area contributed by atoms with E-state index in [1.807, 2.05) is 32.0 Å². The van der Waals surface area contributed by atoms with Crippen LogP contribution in [0.5, 0.6) is 5.75 Å². The predicted octanol–water partition coefficient (Wildman–Crippen LogP) is 2.36. The van der Waals surface area contributed by atoms with Gasteiger partial charge in [-0.2, -0.15) is 5.10 Å². The van der Waals surface area contributed by atoms with Gasteiger partial charge in [-0.3, -0.25) is 4.68 Å². The van der Waals surface area contributed by atoms with Crippen LogP contribution in [0.1, 0.15) is 27.3 Å². The van der Waals surface area contributed by atoms with E-state index in [2.05, 4.69) is 5.10 Å². The molecule has 0 aliphatic heterocycles. The molecule has 0 fully saturated rings. The van der Waals surface area contributed by atoms with Crippen molar-refractivity contribution in [2.45, 2.75) is 20.3 Å². The second kappa shape index (κ2) is 5.77. The molecule has 0 bridgehead atoms. The highest BCUT2D eigenvalue weighted by Crippen LogP contribution is 2.19. The zero-order valence-corrected chi connectivity index (χ0v) is 11.9. The maximum atomic E-state index is 10.8. The van der Waals surface area contributed by atoms with Crippen molar-refractivity contribution in [3.05, 3.63) is 46.8 Å². The van der Waals surface area contributed by atoms with E-state index >= 15 is 0 Å². The van der Waals surface area contributed by atoms with Crippen LogP contribution < -0.4 is 4.74 Å². The third kappa shape index (κ3) is 3.17. The Labute approximate surface area is 117 Å². The number of carboxylic acids is 1. The van der Waals surface area contributed by atoms with Crippen LogP contribution in [0, 0.1) is 13.8 Å². The molecule has 20 heavy (non-hydrogen) atoms. The van der Waals surface area contributed by atoms with Crippen molar-refractivity contribution in [2.24, 2.45) is 7.05 Å². The smallest absolute Gasteiger partial charge is 0.356 e. The van der Waals surface area contributed by atoms with E-state index in [0.29, 0.717) is 13.0 Å². The van der Waals surface area contributed by atoms with Crippen LogP contribution in [0.4, 0.5) is 0 Å². The molecule has 0 radical (unpaired) electrons. The lowest BCUT2D eigenvalue weighted by molar-refractivity contribution is 0.0689. The third-order valence-electron chi connectivity index (χ3n) is 3.16. The maximum absolute atomic E-state index is 10.8. The molecule has 0 saturated heterocycles. The first-order valence-corrected chi connectivity index (χ1v) is 6.43. The number of carboxylic acid groups (broad SMARTS) is 1. The number of aromatic nitrogens is 2. The number of rotatable bonds is 5. The van der Waals surface area contributed by atoms with Gasteiger partial charge < -0.3 is 9.84 Å². The van der Waals surface area contributed by atoms with E-state index in [9.17, 15) is 4.79 Å². The first-order valence-electron chi connectivity index (χ1n) is 6.43. The molecule has 0 saturated carbocycles. The minimum absolute atomic E-state index is 0.0641. The van der Waals surface area contributed by atoms with Gasteiger partial charge in [0.05, 0.1) is 6.61 Å². The van der Waals surface area contributed by atoms with Gasteiger partial charge in [-0.15, -0.1) is 0 Å². The second-order valence-electron chi connectivity index (χ2n) is 4.82. The summed E-state index contributed by atoms with van der Waals surface area (Å²) in [6, 6.07) is 7.65. The molecule has 0 aliphatic rings. The van der Waals surface area contributed by atoms with Gasteiger partial charge in [-0.1, -0.05) is 12.1 Å². The highest BCUT2D eigenvalue weighted by molar-refractivity contribution is 5.85. The molecule has 5 heteroatoms. The lowest BCUT2D eigenvalue weighted by Gasteiger charge is -2.09. The summed E-state index contributed by atoms with van der Waals surface area (Å²) in [6.45, 7) is 4.51. The standard InChI is InChI=1S/C15H18N2O3/c1-10-4-5-11(2)14(8-10)20-7-6-12-9-13(15(18)19)16-17(12)3/h4-5,8-9H,6-7H2,1-3H3,(H,18,19). The Kier molecular flexibility index (Phi) is 4.08. The fourth-order valence-corrected chi connectivity index (χ4v) is 1.97. The molecule has 0 aliphatic carbocycles. The Bertz CT molecular complexity index is 632. The van der Waals surface area contributed by atoms with Gasteiger partial charge in [-0.05, 0) is 37.1 Å². The van der Waals surface area contributed by atoms with Crippen LogP contribution in [-0.4, -0.2) is 27.5 Å². The van der Waals surface area contributed by atoms with Crippen molar-refractivity contribution in [1.29, 1.82) is 0 Å². The molecular weight excluding hydrogens is 256 g/mol. The van der Waals surface area contributed by atoms with E-state index in [-0.39, 0.29) is 5.69 Å². The zero-order chi connectivity index (χ0) is 14.7. The van der Waals surface area contributed by atoms with Gasteiger partial charge >= 0.3 is 5.97 Å². The van der Waals surface area contributed by atoms with Crippen LogP contribution >= 0.6 is 0 Å². The predicted molar refractivity (Wildman–Crippen MR) is 75.3 cm³/mol. The molecule has 0 spiro atoms. The summed E-state index contributed by atoms with van der Waals surface area (Å²) in [4.78, 5) is 10.8. The Hall–Kier alpha value is -2.30. The van der Waals surface area contributed by atoms with E-state index < -0.39 is 5.97 Å². The van der Waals surface area contributed by atoms with Crippen molar-refractivity contribution < 1.29 is 14.6 Å². The minimum atomic E-state index is -1.01. The highest BCUT2D eigenvalue weighted by Gasteiger charge is 2.11. The van der Waals surface area contributed by atoms with Crippen molar-refractivity contribution in [3.63, 3.8) is 0 Å². The van der Waals surface area contributed by atoms with Crippen LogP contribution in [0.3, 0.4) is 0 Å². The summed E-state index contributed by atoms with van der Waals surface area (Å²) in [5, 5.41) is 12.8. The summed E-state index contributed by atoms with van der Waals surface area (Å²) >= 11 is 0. The third-order valence-corrected chi connectivity index (χ3v) is 3.16. The number of aromatic carboxylic acids is 1. The highest BCUT2D eigenvalue weighted by atomic mass is 16.5. The fraction of sp³-hybridized carbons (Fsp3) is 0.333. The van der Waals surface area contributed by atoms with Gasteiger partial charge in [0, 0.05) is 19.2 Å². The number of aryl methyl sites for hydroxylation is 3. The Morgan fingerprint density at radius 1 is 1.35 bits per heavy atom. The number of carbonyl (C=O) groups is 1. The van der Waals surface area contributed by atoms with Crippen LogP contribution in [0.15, 0.2) is 24.3 Å². The van der Waals surface area contributed by atoms with Crippen molar-refractivity contribution in [1.82, 2.24) is 9.78 Å². The molecule has 5 nitrogen and oxygen atoms in total. The Morgan fingerprint density at radius 3 is 2.75 bits per heavy atom. The van der Waals surface area contributed by atoms with E-state index in [0.717, 1.165) is 22.6 Å². The number of benzene rings is 1. The average molecular weight is 274 g/mol. The van der Waals surface area contributed by atoms with Crippen LogP contribution in [-0.2, 0) is 13.5 Å². The molecule has 0 amide bonds. The van der Waals surface area contributed by atoms with Gasteiger partial charge in [-0.25, -0.2) is 4.79 Å². The zero-order valence-electron chi connectivity index (χ0n) is 11.9. The molecule has 0 unspecified atom stereocenters. The summed E-state index contributed by atoms with van der Waals surface area (Å²) in [5.74, 6) is -0.145. The average Bonchev–Trinajstić information content (AvgIpc) is 2.76. The summed E-state index contributed by atoms with van der Waals surface area (Å²) in [5.41, 5.74) is 3.15. The first kappa shape index (κ1) is 14.1. The number of hydrogen-bond donors (Lipinski definition) is 1. The number of nitrogens with zero attached hydrogens (tertiary/aromatic N) is 2. The summed E-state index contributed by atoms with van der Waals surface area (Å²) in [7, 11) is 1.74. The first-order chi connectivity index (χ1) is 9.47. The Balaban J connectivity index is 1.99. The van der Waals surface area contributed by atoms with Crippen LogP contribution in [0.2, 0.25) is 0 Å². The summed E-state index contributed by atoms with van der Waals surface area (Å²) < 4.78 is 7.34. The fourth-order valence-electron chi connectivity index (χ4n) is 1.97. The molecule has 1 N–H and O–H groups in total. The minimum Gasteiger partial charge on any atom is -0.493 e. The molecular formula is C15H18N2O3. The van der Waals surface area contributed by atoms with Gasteiger partial charge in [0.25, 0.3) is 0 Å². The molecule has 106 valence electrons. The van der Waals surface area contributed by atoms with Crippen molar-refractivity contribution >= 4 is 5.97 Å². The quantitative estimate of drug-likeness (QED) is 0.909. The van der Waals surface area contributed by atoms with Gasteiger partial charge in [0.2, 0.25) is 0 Å². The maximum Gasteiger partial charge on any atom is 0.356 e. The van der Waals surface area contributed by atoms with E-state index in [1.165, 1.54) is 0 Å². The molecule has 0 atom stereocenters. The van der Waals surface area contributed by atoms with E-state index in [4.69, 9.17) is 9.84 Å². The molecule has 1 aromatic carbocycles. The molecule has 2 aromatic rings. The molecule has 1 aromatic heterocycles. The lowest BCUT2D eigenvalue weighted by atomic mass is 10.1. The lowest BCUT2D eigenvalue weighted by Crippen LogP contribution is -2.06. The number of ether oxygens (including phenoxy) is 1. The van der Waals surface area contributed by atoms with Crippen molar-refractivity contribution in [3.8, 4) is 5.75 Å². The number of hydrogen-bond acceptors (Lipinski definition) is 3. The largest absolute Gasteiger partial charge is 0.493 e. The van der Waals surface area contributed by atoms with E-state index in [1.54, 1.807) is 17.8 Å². The monoisotopic (exact) mass is 274 g/mol. The second-order valence-corrected chi connectivity index (χ2v) is 4.82. The van der Waals surface area contributed by atoms with Crippen LogP contribution in [0.25, 0.3) is 0 Å². The van der Waals surface area contributed by atoms with Gasteiger partial charge in [0.15, 0.2) is 5.69 Å². The SMILES string of the molecule is Cc1ccc(C)c(OCCc2cc(C(=O)O)nn2C)c1. The topological polar surface area (TPSA) is 64.3 Å². The van der Waals surface area contributed by atoms with Gasteiger partial charge in [0.1, 0.15) is 5.75 Å². The molecule has 1 heterocycles. The normalized spacial score (nSPS) is 10.6. The molecule has 2 rings (SSSR count). The Morgan fingerprint density at radius 2 is 2.10 bits per heavy atom. The summed E-state index contributed by atoms with van der Waals surface area (Å²) in [6.07, 6.45) is 0.615. The van der Waals surface area contributed by atoms with Crippen molar-refractivity contribution in [2.75, 3.05) is 6.61 Å².